The van der Waals surface area contributed by atoms with Gasteiger partial charge in [0.2, 0.25) is 0 Å². The highest BCUT2D eigenvalue weighted by atomic mass is 14.8. The molecule has 1 aliphatic carbocycles. The Bertz CT molecular complexity index is 334. The van der Waals surface area contributed by atoms with Gasteiger partial charge in [0.1, 0.15) is 0 Å². The van der Waals surface area contributed by atoms with E-state index in [2.05, 4.69) is 30.1 Å². The fraction of sp³-hybridized carbons (Fsp3) is 0.364. The summed E-state index contributed by atoms with van der Waals surface area (Å²) in [6.07, 6.45) is 11.3. The average molecular weight is 174 g/mol. The lowest BCUT2D eigenvalue weighted by atomic mass is 9.77. The predicted octanol–water partition coefficient (Wildman–Crippen LogP) is 1.81. The lowest BCUT2D eigenvalue weighted by Gasteiger charge is -2.31. The molecule has 0 saturated heterocycles. The van der Waals surface area contributed by atoms with Crippen molar-refractivity contribution in [3.05, 3.63) is 35.6 Å². The number of nitrogens with two attached hydrogens (primary N) is 1. The number of nitrogens with zero attached hydrogens (tertiary/aromatic N) is 1. The molecule has 1 aliphatic heterocycles. The van der Waals surface area contributed by atoms with Crippen molar-refractivity contribution in [2.45, 2.75) is 13.3 Å². The summed E-state index contributed by atoms with van der Waals surface area (Å²) in [4.78, 5) is 4.41. The van der Waals surface area contributed by atoms with Gasteiger partial charge in [-0.1, -0.05) is 25.2 Å². The minimum absolute atomic E-state index is 0.0816. The Kier molecular flexibility index (Phi) is 1.93. The van der Waals surface area contributed by atoms with Crippen LogP contribution in [0.5, 0.6) is 0 Å². The maximum absolute atomic E-state index is 5.66. The van der Waals surface area contributed by atoms with Crippen molar-refractivity contribution in [2.75, 3.05) is 6.54 Å². The molecule has 0 aromatic heterocycles. The van der Waals surface area contributed by atoms with E-state index in [4.69, 9.17) is 5.73 Å². The molecule has 0 saturated carbocycles. The summed E-state index contributed by atoms with van der Waals surface area (Å²) >= 11 is 0. The van der Waals surface area contributed by atoms with Crippen molar-refractivity contribution in [3.8, 4) is 0 Å². The first kappa shape index (κ1) is 8.45. The van der Waals surface area contributed by atoms with Gasteiger partial charge in [0, 0.05) is 18.2 Å². The third-order valence-corrected chi connectivity index (χ3v) is 2.68. The van der Waals surface area contributed by atoms with Crippen molar-refractivity contribution in [2.24, 2.45) is 16.1 Å². The number of rotatable bonds is 1. The first-order valence-corrected chi connectivity index (χ1v) is 4.58. The number of aliphatic imine (C=N–C) groups is 1. The fourth-order valence-electron chi connectivity index (χ4n) is 1.90. The van der Waals surface area contributed by atoms with E-state index in [1.807, 2.05) is 12.3 Å². The van der Waals surface area contributed by atoms with Gasteiger partial charge in [0.25, 0.3) is 0 Å². The highest BCUT2D eigenvalue weighted by molar-refractivity contribution is 5.75. The minimum atomic E-state index is 0.0816. The second kappa shape index (κ2) is 2.96. The van der Waals surface area contributed by atoms with E-state index in [1.54, 1.807) is 0 Å². The third kappa shape index (κ3) is 1.27. The van der Waals surface area contributed by atoms with Crippen molar-refractivity contribution in [1.29, 1.82) is 0 Å². The molecule has 1 unspecified atom stereocenters. The topological polar surface area (TPSA) is 38.4 Å². The predicted molar refractivity (Wildman–Crippen MR) is 55.6 cm³/mol. The number of hydrogen-bond acceptors (Lipinski definition) is 2. The number of dihydropyridines is 1. The largest absolute Gasteiger partial charge is 0.326 e. The van der Waals surface area contributed by atoms with Crippen LogP contribution in [0.3, 0.4) is 0 Å². The van der Waals surface area contributed by atoms with Crippen LogP contribution in [0.25, 0.3) is 0 Å². The van der Waals surface area contributed by atoms with Crippen molar-refractivity contribution in [3.63, 3.8) is 0 Å². The van der Waals surface area contributed by atoms with Gasteiger partial charge in [0.05, 0.1) is 5.70 Å². The summed E-state index contributed by atoms with van der Waals surface area (Å²) in [7, 11) is 0. The highest BCUT2D eigenvalue weighted by Gasteiger charge is 2.30. The maximum Gasteiger partial charge on any atom is 0.0548 e. The van der Waals surface area contributed by atoms with Gasteiger partial charge in [-0.15, -0.1) is 0 Å². The standard InChI is InChI=1S/C11H14N2/c1-11-5-2-4-9(8-12)10(11)13-7-3-6-11/h2-4,6-7H,5,8,12H2,1H3. The Balaban J connectivity index is 2.50. The summed E-state index contributed by atoms with van der Waals surface area (Å²) in [5.74, 6) is 0. The Labute approximate surface area is 78.5 Å². The zero-order valence-electron chi connectivity index (χ0n) is 7.83. The molecule has 0 aromatic rings. The molecule has 1 atom stereocenters. The number of fused-ring (bicyclic) bond motifs is 1. The fourth-order valence-corrected chi connectivity index (χ4v) is 1.90. The molecule has 0 radical (unpaired) electrons. The Morgan fingerprint density at radius 3 is 3.23 bits per heavy atom. The summed E-state index contributed by atoms with van der Waals surface area (Å²) in [6, 6.07) is 0. The van der Waals surface area contributed by atoms with Crippen molar-refractivity contribution in [1.82, 2.24) is 0 Å². The quantitative estimate of drug-likeness (QED) is 0.646. The van der Waals surface area contributed by atoms with E-state index in [9.17, 15) is 0 Å². The molecule has 68 valence electrons. The van der Waals surface area contributed by atoms with Gasteiger partial charge in [0.15, 0.2) is 0 Å². The molecule has 2 aliphatic rings. The van der Waals surface area contributed by atoms with E-state index < -0.39 is 0 Å². The molecule has 0 bridgehead atoms. The molecule has 2 rings (SSSR count). The zero-order chi connectivity index (χ0) is 9.31. The van der Waals surface area contributed by atoms with Gasteiger partial charge in [-0.3, -0.25) is 4.99 Å². The summed E-state index contributed by atoms with van der Waals surface area (Å²) in [6.45, 7) is 2.78. The van der Waals surface area contributed by atoms with E-state index in [0.29, 0.717) is 6.54 Å². The Hall–Kier alpha value is -1.15. The van der Waals surface area contributed by atoms with Crippen LogP contribution in [0.15, 0.2) is 40.6 Å². The van der Waals surface area contributed by atoms with Crippen molar-refractivity contribution >= 4 is 6.21 Å². The molecule has 0 amide bonds. The van der Waals surface area contributed by atoms with Crippen LogP contribution in [-0.2, 0) is 0 Å². The van der Waals surface area contributed by atoms with Crippen LogP contribution in [0.4, 0.5) is 0 Å². The van der Waals surface area contributed by atoms with E-state index >= 15 is 0 Å². The third-order valence-electron chi connectivity index (χ3n) is 2.68. The van der Waals surface area contributed by atoms with Crippen LogP contribution in [0, 0.1) is 5.41 Å². The average Bonchev–Trinajstić information content (AvgIpc) is 2.15. The Morgan fingerprint density at radius 1 is 1.62 bits per heavy atom. The smallest absolute Gasteiger partial charge is 0.0548 e. The van der Waals surface area contributed by atoms with Gasteiger partial charge >= 0.3 is 0 Å². The second-order valence-electron chi connectivity index (χ2n) is 3.74. The molecule has 2 nitrogen and oxygen atoms in total. The summed E-state index contributed by atoms with van der Waals surface area (Å²) < 4.78 is 0. The van der Waals surface area contributed by atoms with E-state index in [1.165, 1.54) is 0 Å². The van der Waals surface area contributed by atoms with Crippen LogP contribution >= 0.6 is 0 Å². The van der Waals surface area contributed by atoms with Gasteiger partial charge in [-0.05, 0) is 18.1 Å². The number of hydrogen-bond donors (Lipinski definition) is 1. The lowest BCUT2D eigenvalue weighted by Crippen LogP contribution is -2.23. The van der Waals surface area contributed by atoms with Gasteiger partial charge in [-0.25, -0.2) is 0 Å². The summed E-state index contributed by atoms with van der Waals surface area (Å²) in [5.41, 5.74) is 8.04. The van der Waals surface area contributed by atoms with Crippen LogP contribution in [-0.4, -0.2) is 12.8 Å². The molecule has 2 heteroatoms. The van der Waals surface area contributed by atoms with Gasteiger partial charge in [-0.2, -0.15) is 0 Å². The molecule has 13 heavy (non-hydrogen) atoms. The summed E-state index contributed by atoms with van der Waals surface area (Å²) in [5, 5.41) is 0. The molecule has 0 fully saturated rings. The van der Waals surface area contributed by atoms with Crippen molar-refractivity contribution < 1.29 is 0 Å². The molecular formula is C11H14N2. The Morgan fingerprint density at radius 2 is 2.46 bits per heavy atom. The minimum Gasteiger partial charge on any atom is -0.326 e. The van der Waals surface area contributed by atoms with E-state index in [0.717, 1.165) is 17.7 Å². The molecule has 2 N–H and O–H groups in total. The maximum atomic E-state index is 5.66. The first-order chi connectivity index (χ1) is 6.26. The van der Waals surface area contributed by atoms with Gasteiger partial charge < -0.3 is 5.73 Å². The molecular weight excluding hydrogens is 160 g/mol. The van der Waals surface area contributed by atoms with Crippen LogP contribution in [0.1, 0.15) is 13.3 Å². The second-order valence-corrected chi connectivity index (χ2v) is 3.74. The SMILES string of the molecule is CC12C=CC=NC1=C(CN)C=CC2. The molecule has 0 spiro atoms. The zero-order valence-corrected chi connectivity index (χ0v) is 7.83. The van der Waals surface area contributed by atoms with Crippen LogP contribution in [0.2, 0.25) is 0 Å². The lowest BCUT2D eigenvalue weighted by molar-refractivity contribution is 0.502. The molecule has 0 aromatic carbocycles. The highest BCUT2D eigenvalue weighted by Crippen LogP contribution is 2.40. The monoisotopic (exact) mass is 174 g/mol. The normalized spacial score (nSPS) is 30.9. The van der Waals surface area contributed by atoms with Crippen LogP contribution < -0.4 is 5.73 Å². The number of allylic oxidation sites excluding steroid dienone is 3. The first-order valence-electron chi connectivity index (χ1n) is 4.58. The molecule has 1 heterocycles. The van der Waals surface area contributed by atoms with E-state index in [-0.39, 0.29) is 5.41 Å².